The van der Waals surface area contributed by atoms with E-state index in [1.54, 1.807) is 29.5 Å². The number of carbonyl (C=O) groups is 1. The summed E-state index contributed by atoms with van der Waals surface area (Å²) in [5.41, 5.74) is 2.17. The number of nitrogens with zero attached hydrogens (tertiary/aromatic N) is 1. The minimum atomic E-state index is -0.939. The first kappa shape index (κ1) is 15.0. The van der Waals surface area contributed by atoms with Gasteiger partial charge in [-0.1, -0.05) is 0 Å². The molecule has 2 rings (SSSR count). The molecule has 0 saturated heterocycles. The number of carboxylic acids is 1. The minimum absolute atomic E-state index is 0.128. The van der Waals surface area contributed by atoms with E-state index in [4.69, 9.17) is 5.11 Å². The molecule has 2 N–H and O–H groups in total. The average molecular weight is 355 g/mol. The first-order valence-corrected chi connectivity index (χ1v) is 7.72. The largest absolute Gasteiger partial charge is 0.478 e. The molecule has 0 aliphatic rings. The molecule has 0 aliphatic heterocycles. The van der Waals surface area contributed by atoms with Gasteiger partial charge in [0.25, 0.3) is 0 Å². The Bertz CT molecular complexity index is 655. The molecule has 4 nitrogen and oxygen atoms in total. The average Bonchev–Trinajstić information content (AvgIpc) is 2.68. The van der Waals surface area contributed by atoms with E-state index >= 15 is 0 Å². The number of benzene rings is 1. The second kappa shape index (κ2) is 5.93. The van der Waals surface area contributed by atoms with Gasteiger partial charge in [-0.3, -0.25) is 0 Å². The highest BCUT2D eigenvalue weighted by atomic mass is 79.9. The lowest BCUT2D eigenvalue weighted by atomic mass is 10.2. The van der Waals surface area contributed by atoms with E-state index in [0.29, 0.717) is 4.47 Å². The van der Waals surface area contributed by atoms with Crippen LogP contribution in [-0.4, -0.2) is 16.1 Å². The molecule has 6 heteroatoms. The zero-order valence-electron chi connectivity index (χ0n) is 11.4. The predicted octanol–water partition coefficient (Wildman–Crippen LogP) is 4.39. The summed E-state index contributed by atoms with van der Waals surface area (Å²) in [6.07, 6.45) is 0. The second-order valence-corrected chi connectivity index (χ2v) is 6.64. The lowest BCUT2D eigenvalue weighted by Crippen LogP contribution is -2.07. The highest BCUT2D eigenvalue weighted by Gasteiger charge is 2.14. The number of hydrogen-bond acceptors (Lipinski definition) is 4. The molecule has 0 fully saturated rings. The minimum Gasteiger partial charge on any atom is -0.478 e. The molecule has 1 aromatic heterocycles. The molecule has 1 atom stereocenters. The smallest absolute Gasteiger partial charge is 0.336 e. The van der Waals surface area contributed by atoms with Gasteiger partial charge in [-0.05, 0) is 54.9 Å². The summed E-state index contributed by atoms with van der Waals surface area (Å²) in [4.78, 5) is 16.6. The van der Waals surface area contributed by atoms with Gasteiger partial charge in [-0.15, -0.1) is 11.3 Å². The van der Waals surface area contributed by atoms with Gasteiger partial charge < -0.3 is 10.4 Å². The molecule has 0 amide bonds. The maximum atomic E-state index is 11.0. The molecule has 1 heterocycles. The zero-order valence-corrected chi connectivity index (χ0v) is 13.8. The molecule has 0 radical (unpaired) electrons. The van der Waals surface area contributed by atoms with Crippen molar-refractivity contribution in [1.29, 1.82) is 0 Å². The number of anilines is 1. The highest BCUT2D eigenvalue weighted by molar-refractivity contribution is 9.10. The summed E-state index contributed by atoms with van der Waals surface area (Å²) in [6.45, 7) is 6.06. The van der Waals surface area contributed by atoms with Gasteiger partial charge in [-0.2, -0.15) is 0 Å². The highest BCUT2D eigenvalue weighted by Crippen LogP contribution is 2.29. The second-order valence-electron chi connectivity index (χ2n) is 4.55. The Labute approximate surface area is 130 Å². The molecule has 1 unspecified atom stereocenters. The van der Waals surface area contributed by atoms with Crippen molar-refractivity contribution in [3.8, 4) is 0 Å². The number of hydrogen-bond donors (Lipinski definition) is 2. The van der Waals surface area contributed by atoms with Crippen LogP contribution in [0.15, 0.2) is 22.7 Å². The van der Waals surface area contributed by atoms with Gasteiger partial charge >= 0.3 is 5.97 Å². The Hall–Kier alpha value is -1.40. The Balaban J connectivity index is 2.20. The van der Waals surface area contributed by atoms with Crippen LogP contribution >= 0.6 is 27.3 Å². The molecule has 2 aromatic rings. The van der Waals surface area contributed by atoms with E-state index in [1.165, 1.54) is 4.88 Å². The van der Waals surface area contributed by atoms with E-state index < -0.39 is 5.97 Å². The van der Waals surface area contributed by atoms with Crippen LogP contribution in [0.5, 0.6) is 0 Å². The third kappa shape index (κ3) is 3.19. The Morgan fingerprint density at radius 1 is 1.45 bits per heavy atom. The van der Waals surface area contributed by atoms with E-state index in [1.807, 2.05) is 13.8 Å². The zero-order chi connectivity index (χ0) is 14.9. The van der Waals surface area contributed by atoms with Gasteiger partial charge in [-0.25, -0.2) is 9.78 Å². The van der Waals surface area contributed by atoms with Gasteiger partial charge in [0.2, 0.25) is 0 Å². The van der Waals surface area contributed by atoms with Gasteiger partial charge in [0.05, 0.1) is 22.3 Å². The number of aromatic carboxylic acids is 1. The SMILES string of the molecule is Cc1nc(C)c(C(C)Nc2ccc(C(=O)O)c(Br)c2)s1. The molecular weight excluding hydrogens is 340 g/mol. The first-order chi connectivity index (χ1) is 9.38. The molecular formula is C14H15BrN2O2S. The number of carboxylic acid groups (broad SMARTS) is 1. The van der Waals surface area contributed by atoms with Crippen LogP contribution in [0.4, 0.5) is 5.69 Å². The van der Waals surface area contributed by atoms with Crippen molar-refractivity contribution in [1.82, 2.24) is 4.98 Å². The summed E-state index contributed by atoms with van der Waals surface area (Å²) in [5, 5.41) is 13.4. The van der Waals surface area contributed by atoms with Gasteiger partial charge in [0.1, 0.15) is 0 Å². The lowest BCUT2D eigenvalue weighted by molar-refractivity contribution is 0.0696. The molecule has 0 saturated carbocycles. The Morgan fingerprint density at radius 2 is 2.15 bits per heavy atom. The van der Waals surface area contributed by atoms with Crippen LogP contribution in [0.3, 0.4) is 0 Å². The standard InChI is InChI=1S/C14H15BrN2O2S/c1-7-13(20-9(3)16-7)8(2)17-10-4-5-11(14(18)19)12(15)6-10/h4-6,8,17H,1-3H3,(H,18,19). The van der Waals surface area contributed by atoms with Crippen LogP contribution in [0.1, 0.15) is 38.9 Å². The number of thiazole rings is 1. The van der Waals surface area contributed by atoms with E-state index in [-0.39, 0.29) is 11.6 Å². The fourth-order valence-electron chi connectivity index (χ4n) is 2.04. The third-order valence-corrected chi connectivity index (χ3v) is 4.83. The Morgan fingerprint density at radius 3 is 2.65 bits per heavy atom. The van der Waals surface area contributed by atoms with Gasteiger partial charge in [0, 0.05) is 15.0 Å². The quantitative estimate of drug-likeness (QED) is 0.854. The fraction of sp³-hybridized carbons (Fsp3) is 0.286. The van der Waals surface area contributed by atoms with Crippen molar-refractivity contribution in [3.05, 3.63) is 43.8 Å². The summed E-state index contributed by atoms with van der Waals surface area (Å²) >= 11 is 4.96. The summed E-state index contributed by atoms with van der Waals surface area (Å²) < 4.78 is 0.569. The van der Waals surface area contributed by atoms with Crippen LogP contribution < -0.4 is 5.32 Å². The molecule has 20 heavy (non-hydrogen) atoms. The van der Waals surface area contributed by atoms with Gasteiger partial charge in [0.15, 0.2) is 0 Å². The van der Waals surface area contributed by atoms with E-state index in [0.717, 1.165) is 16.4 Å². The third-order valence-electron chi connectivity index (χ3n) is 2.92. The van der Waals surface area contributed by atoms with Crippen LogP contribution in [-0.2, 0) is 0 Å². The topological polar surface area (TPSA) is 62.2 Å². The first-order valence-electron chi connectivity index (χ1n) is 6.11. The molecule has 106 valence electrons. The van der Waals surface area contributed by atoms with E-state index in [9.17, 15) is 4.79 Å². The Kier molecular flexibility index (Phi) is 4.45. The van der Waals surface area contributed by atoms with Crippen molar-refractivity contribution in [3.63, 3.8) is 0 Å². The van der Waals surface area contributed by atoms with Crippen molar-refractivity contribution in [2.45, 2.75) is 26.8 Å². The van der Waals surface area contributed by atoms with Crippen LogP contribution in [0.25, 0.3) is 0 Å². The number of halogens is 1. The van der Waals surface area contributed by atoms with Crippen molar-refractivity contribution < 1.29 is 9.90 Å². The number of aryl methyl sites for hydroxylation is 2. The van der Waals surface area contributed by atoms with Crippen LogP contribution in [0, 0.1) is 13.8 Å². The summed E-state index contributed by atoms with van der Waals surface area (Å²) in [5.74, 6) is -0.939. The monoisotopic (exact) mass is 354 g/mol. The predicted molar refractivity (Wildman–Crippen MR) is 84.7 cm³/mol. The van der Waals surface area contributed by atoms with Crippen molar-refractivity contribution in [2.75, 3.05) is 5.32 Å². The normalized spacial score (nSPS) is 12.2. The maximum Gasteiger partial charge on any atom is 0.336 e. The summed E-state index contributed by atoms with van der Waals surface area (Å²) in [6, 6.07) is 5.27. The number of aromatic nitrogens is 1. The summed E-state index contributed by atoms with van der Waals surface area (Å²) in [7, 11) is 0. The molecule has 1 aromatic carbocycles. The molecule has 0 bridgehead atoms. The number of nitrogens with one attached hydrogen (secondary N) is 1. The number of rotatable bonds is 4. The lowest BCUT2D eigenvalue weighted by Gasteiger charge is -2.15. The molecule has 0 spiro atoms. The van der Waals surface area contributed by atoms with Crippen molar-refractivity contribution >= 4 is 38.9 Å². The fourth-order valence-corrected chi connectivity index (χ4v) is 3.52. The maximum absolute atomic E-state index is 11.0. The van der Waals surface area contributed by atoms with Crippen LogP contribution in [0.2, 0.25) is 0 Å². The van der Waals surface area contributed by atoms with E-state index in [2.05, 4.69) is 33.2 Å². The molecule has 0 aliphatic carbocycles. The van der Waals surface area contributed by atoms with Crippen molar-refractivity contribution in [2.24, 2.45) is 0 Å².